The topological polar surface area (TPSA) is 71.1 Å². The van der Waals surface area contributed by atoms with Crippen molar-refractivity contribution in [2.45, 2.75) is 16.8 Å². The zero-order chi connectivity index (χ0) is 19.9. The van der Waals surface area contributed by atoms with Crippen LogP contribution in [0.2, 0.25) is 0 Å². The van der Waals surface area contributed by atoms with Crippen molar-refractivity contribution in [2.75, 3.05) is 11.9 Å². The molecule has 7 heteroatoms. The van der Waals surface area contributed by atoms with Gasteiger partial charge in [0, 0.05) is 33.4 Å². The van der Waals surface area contributed by atoms with Gasteiger partial charge in [0.05, 0.1) is 5.56 Å². The van der Waals surface area contributed by atoms with Gasteiger partial charge in [-0.05, 0) is 61.5 Å². The molecule has 28 heavy (non-hydrogen) atoms. The summed E-state index contributed by atoms with van der Waals surface area (Å²) in [4.78, 5) is 30.1. The highest BCUT2D eigenvalue weighted by molar-refractivity contribution is 9.10. The number of anilines is 1. The number of nitrogens with one attached hydrogen (secondary N) is 2. The van der Waals surface area contributed by atoms with E-state index in [1.54, 1.807) is 42.6 Å². The second-order valence-electron chi connectivity index (χ2n) is 5.81. The van der Waals surface area contributed by atoms with Crippen molar-refractivity contribution in [3.05, 3.63) is 82.5 Å². The summed E-state index contributed by atoms with van der Waals surface area (Å²) >= 11 is 4.83. The van der Waals surface area contributed by atoms with Crippen LogP contribution in [0.5, 0.6) is 0 Å². The number of carbonyl (C=O) groups excluding carboxylic acids is 2. The van der Waals surface area contributed by atoms with Crippen molar-refractivity contribution >= 4 is 45.2 Å². The third-order valence-electron chi connectivity index (χ3n) is 3.76. The Labute approximate surface area is 176 Å². The molecule has 0 aliphatic heterocycles. The molecule has 3 rings (SSSR count). The minimum atomic E-state index is -0.277. The van der Waals surface area contributed by atoms with E-state index in [9.17, 15) is 9.59 Å². The summed E-state index contributed by atoms with van der Waals surface area (Å²) in [5.41, 5.74) is 1.52. The molecule has 2 N–H and O–H groups in total. The molecule has 2 amide bonds. The first kappa shape index (κ1) is 20.1. The van der Waals surface area contributed by atoms with E-state index in [0.29, 0.717) is 28.4 Å². The van der Waals surface area contributed by atoms with Crippen molar-refractivity contribution < 1.29 is 9.59 Å². The summed E-state index contributed by atoms with van der Waals surface area (Å²) in [5.74, 6) is -0.452. The molecule has 1 heterocycles. The summed E-state index contributed by atoms with van der Waals surface area (Å²) in [6, 6.07) is 18.1. The van der Waals surface area contributed by atoms with Gasteiger partial charge in [0.25, 0.3) is 11.8 Å². The van der Waals surface area contributed by atoms with Gasteiger partial charge in [0.2, 0.25) is 0 Å². The zero-order valence-electron chi connectivity index (χ0n) is 15.1. The molecule has 0 fully saturated rings. The van der Waals surface area contributed by atoms with E-state index in [4.69, 9.17) is 0 Å². The number of carbonyl (C=O) groups is 2. The molecule has 0 saturated carbocycles. The minimum Gasteiger partial charge on any atom is -0.352 e. The molecule has 0 unspecified atom stereocenters. The molecule has 142 valence electrons. The molecule has 0 aliphatic carbocycles. The second kappa shape index (κ2) is 9.52. The van der Waals surface area contributed by atoms with Crippen LogP contribution < -0.4 is 10.6 Å². The van der Waals surface area contributed by atoms with Gasteiger partial charge in [-0.15, -0.1) is 0 Å². The van der Waals surface area contributed by atoms with Gasteiger partial charge >= 0.3 is 0 Å². The third-order valence-corrected chi connectivity index (χ3v) is 5.32. The van der Waals surface area contributed by atoms with Crippen molar-refractivity contribution in [2.24, 2.45) is 0 Å². The average Bonchev–Trinajstić information content (AvgIpc) is 2.70. The summed E-state index contributed by atoms with van der Waals surface area (Å²) in [5, 5.41) is 6.21. The van der Waals surface area contributed by atoms with Crippen LogP contribution in [0, 0.1) is 0 Å². The van der Waals surface area contributed by atoms with Crippen LogP contribution >= 0.6 is 27.7 Å². The number of hydrogen-bond donors (Lipinski definition) is 2. The SMILES string of the molecule is CCNC(=O)c1cccc(NC(=O)c2cccnc2Sc2ccc(Br)cc2)c1. The van der Waals surface area contributed by atoms with Gasteiger partial charge < -0.3 is 10.6 Å². The Bertz CT molecular complexity index is 993. The number of halogens is 1. The van der Waals surface area contributed by atoms with Crippen molar-refractivity contribution in [1.82, 2.24) is 10.3 Å². The number of pyridine rings is 1. The summed E-state index contributed by atoms with van der Waals surface area (Å²) < 4.78 is 0.989. The molecule has 2 aromatic carbocycles. The summed E-state index contributed by atoms with van der Waals surface area (Å²) in [7, 11) is 0. The highest BCUT2D eigenvalue weighted by atomic mass is 79.9. The molecule has 0 saturated heterocycles. The Morgan fingerprint density at radius 3 is 2.57 bits per heavy atom. The van der Waals surface area contributed by atoms with E-state index >= 15 is 0 Å². The van der Waals surface area contributed by atoms with Crippen LogP contribution in [0.1, 0.15) is 27.6 Å². The number of hydrogen-bond acceptors (Lipinski definition) is 4. The third kappa shape index (κ3) is 5.21. The smallest absolute Gasteiger partial charge is 0.258 e. The fourth-order valence-electron chi connectivity index (χ4n) is 2.46. The molecule has 3 aromatic rings. The Morgan fingerprint density at radius 1 is 1.04 bits per heavy atom. The van der Waals surface area contributed by atoms with Gasteiger partial charge in [-0.1, -0.05) is 33.8 Å². The van der Waals surface area contributed by atoms with Crippen molar-refractivity contribution in [3.8, 4) is 0 Å². The lowest BCUT2D eigenvalue weighted by molar-refractivity contribution is 0.0954. The van der Waals surface area contributed by atoms with Crippen LogP contribution in [-0.2, 0) is 0 Å². The fourth-order valence-corrected chi connectivity index (χ4v) is 3.60. The molecule has 0 aliphatic rings. The largest absolute Gasteiger partial charge is 0.352 e. The average molecular weight is 456 g/mol. The lowest BCUT2D eigenvalue weighted by Crippen LogP contribution is -2.22. The fraction of sp³-hybridized carbons (Fsp3) is 0.0952. The number of amides is 2. The highest BCUT2D eigenvalue weighted by Gasteiger charge is 2.14. The molecule has 1 aromatic heterocycles. The Morgan fingerprint density at radius 2 is 1.82 bits per heavy atom. The molecule has 0 atom stereocenters. The van der Waals surface area contributed by atoms with Gasteiger partial charge in [0.15, 0.2) is 0 Å². The predicted octanol–water partition coefficient (Wildman–Crippen LogP) is 5.00. The van der Waals surface area contributed by atoms with Gasteiger partial charge in [-0.2, -0.15) is 0 Å². The number of nitrogens with zero attached hydrogens (tertiary/aromatic N) is 1. The van der Waals surface area contributed by atoms with Gasteiger partial charge in [-0.3, -0.25) is 9.59 Å². The first-order valence-electron chi connectivity index (χ1n) is 8.65. The molecule has 5 nitrogen and oxygen atoms in total. The highest BCUT2D eigenvalue weighted by Crippen LogP contribution is 2.30. The maximum atomic E-state index is 12.8. The Balaban J connectivity index is 1.79. The minimum absolute atomic E-state index is 0.175. The Hall–Kier alpha value is -2.64. The summed E-state index contributed by atoms with van der Waals surface area (Å²) in [6.45, 7) is 2.40. The van der Waals surface area contributed by atoms with E-state index in [0.717, 1.165) is 9.37 Å². The molecule has 0 bridgehead atoms. The molecular formula is C21H18BrN3O2S. The van der Waals surface area contributed by atoms with Gasteiger partial charge in [0.1, 0.15) is 5.03 Å². The maximum absolute atomic E-state index is 12.8. The molecule has 0 spiro atoms. The van der Waals surface area contributed by atoms with E-state index < -0.39 is 0 Å². The lowest BCUT2D eigenvalue weighted by Gasteiger charge is -2.10. The normalized spacial score (nSPS) is 10.4. The van der Waals surface area contributed by atoms with Crippen LogP contribution in [0.4, 0.5) is 5.69 Å². The van der Waals surface area contributed by atoms with E-state index in [-0.39, 0.29) is 11.8 Å². The van der Waals surface area contributed by atoms with Crippen LogP contribution in [-0.4, -0.2) is 23.3 Å². The van der Waals surface area contributed by atoms with E-state index in [1.165, 1.54) is 11.8 Å². The summed E-state index contributed by atoms with van der Waals surface area (Å²) in [6.07, 6.45) is 1.66. The molecule has 0 radical (unpaired) electrons. The Kier molecular flexibility index (Phi) is 6.84. The van der Waals surface area contributed by atoms with Crippen LogP contribution in [0.3, 0.4) is 0 Å². The first-order chi connectivity index (χ1) is 13.6. The lowest BCUT2D eigenvalue weighted by atomic mass is 10.1. The van der Waals surface area contributed by atoms with Crippen molar-refractivity contribution in [1.29, 1.82) is 0 Å². The van der Waals surface area contributed by atoms with E-state index in [1.807, 2.05) is 31.2 Å². The van der Waals surface area contributed by atoms with Crippen LogP contribution in [0.25, 0.3) is 0 Å². The predicted molar refractivity (Wildman–Crippen MR) is 115 cm³/mol. The maximum Gasteiger partial charge on any atom is 0.258 e. The quantitative estimate of drug-likeness (QED) is 0.548. The van der Waals surface area contributed by atoms with Gasteiger partial charge in [-0.25, -0.2) is 4.98 Å². The van der Waals surface area contributed by atoms with Crippen LogP contribution in [0.15, 0.2) is 81.3 Å². The number of benzene rings is 2. The standard InChI is InChI=1S/C21H18BrN3O2S/c1-2-23-19(26)14-5-3-6-16(13-14)25-20(27)18-7-4-12-24-21(18)28-17-10-8-15(22)9-11-17/h3-13H,2H2,1H3,(H,23,26)(H,25,27). The molecular weight excluding hydrogens is 438 g/mol. The first-order valence-corrected chi connectivity index (χ1v) is 10.3. The number of aromatic nitrogens is 1. The zero-order valence-corrected chi connectivity index (χ0v) is 17.5. The number of rotatable bonds is 6. The monoisotopic (exact) mass is 455 g/mol. The second-order valence-corrected chi connectivity index (χ2v) is 7.78. The van der Waals surface area contributed by atoms with E-state index in [2.05, 4.69) is 31.5 Å². The van der Waals surface area contributed by atoms with Crippen molar-refractivity contribution in [3.63, 3.8) is 0 Å².